The van der Waals surface area contributed by atoms with Crippen molar-refractivity contribution < 1.29 is 105 Å². The molecule has 0 radical (unpaired) electrons. The van der Waals surface area contributed by atoms with Crippen LogP contribution in [0.5, 0.6) is 0 Å². The SMILES string of the molecule is C[C@H](CC[C@@]1(O)O[C@H]2C[C@@]3(O)[C@@H]4CC=C5C[C@@H](O[C@@H]6O[C@H](CO)[C@@H](O)[C@H](O)[C@H]6O[C@@H]6O[C@@H](C)[C@H](O)[C@@H](O)[C@H]6O)CC[C@]5(C)[C@H]4C[C@@H](O)[C@]3(C)[C@@]2(O)[C@@H]1C)CO[C@@H]1O[C@H](CO)[C@@H](O)[C@H](O)[C@H]1O. The summed E-state index contributed by atoms with van der Waals surface area (Å²) in [5, 5.41) is 153. The molecule has 14 N–H and O–H groups in total. The highest BCUT2D eigenvalue weighted by Gasteiger charge is 2.83. The van der Waals surface area contributed by atoms with Crippen LogP contribution in [0, 0.1) is 34.5 Å². The monoisotopic (exact) mass is 950 g/mol. The molecule has 0 bridgehead atoms. The van der Waals surface area contributed by atoms with E-state index in [0.29, 0.717) is 32.1 Å². The van der Waals surface area contributed by atoms with E-state index in [1.54, 1.807) is 13.8 Å². The molecule has 8 aliphatic rings. The Morgan fingerprint density at radius 3 is 2.03 bits per heavy atom. The maximum Gasteiger partial charge on any atom is 0.187 e. The van der Waals surface area contributed by atoms with Gasteiger partial charge in [0.2, 0.25) is 0 Å². The van der Waals surface area contributed by atoms with Crippen LogP contribution in [0.15, 0.2) is 11.6 Å². The Morgan fingerprint density at radius 2 is 1.36 bits per heavy atom. The van der Waals surface area contributed by atoms with Crippen molar-refractivity contribution in [2.45, 2.75) is 213 Å². The van der Waals surface area contributed by atoms with Crippen molar-refractivity contribution in [3.8, 4) is 0 Å². The van der Waals surface area contributed by atoms with Gasteiger partial charge in [-0.05, 0) is 68.6 Å². The van der Waals surface area contributed by atoms with E-state index >= 15 is 0 Å². The Kier molecular flexibility index (Phi) is 14.4. The first-order valence-corrected chi connectivity index (χ1v) is 23.7. The largest absolute Gasteiger partial charge is 0.394 e. The molecule has 4 aliphatic heterocycles. The first-order chi connectivity index (χ1) is 30.9. The van der Waals surface area contributed by atoms with Crippen LogP contribution in [-0.4, -0.2) is 219 Å². The van der Waals surface area contributed by atoms with Gasteiger partial charge in [0.05, 0.1) is 55.3 Å². The third-order valence-corrected chi connectivity index (χ3v) is 17.9. The smallest absolute Gasteiger partial charge is 0.187 e. The number of allylic oxidation sites excluding steroid dienone is 1. The Labute approximate surface area is 383 Å². The highest BCUT2D eigenvalue weighted by Crippen LogP contribution is 2.73. The van der Waals surface area contributed by atoms with E-state index in [-0.39, 0.29) is 37.7 Å². The van der Waals surface area contributed by atoms with Crippen LogP contribution < -0.4 is 0 Å². The summed E-state index contributed by atoms with van der Waals surface area (Å²) in [6.07, 6.45) is -20.0. The molecule has 380 valence electrons. The average Bonchev–Trinajstić information content (AvgIpc) is 3.59. The van der Waals surface area contributed by atoms with E-state index in [0.717, 1.165) is 5.57 Å². The molecular weight excluding hydrogens is 876 g/mol. The summed E-state index contributed by atoms with van der Waals surface area (Å²) in [5.74, 6) is -3.70. The first kappa shape index (κ1) is 51.3. The standard InChI is InChI=1S/C45H74O21/c1-18(17-60-38-35(55)33(53)30(50)25(15-46)63-38)8-11-44(58)20(3)45(59)28(66-44)14-43(57)23-7-6-21-12-22(9-10-41(21,4)24(23)13-27(48)42(43,45)5)62-40-37(34(54)31(51)26(16-47)64-40)65-39-36(56)32(52)29(49)19(2)61-39/h6,18-20,22-40,46-59H,7-17H2,1-5H3/t18-,19+,20-,22+,23-,24+,25-,26-,27-,28+,29+,30-,31-,32-,33+,34+,35-,36-,37-,38-,39+,40-,41+,42+,43-,44-,45-/m1/s1. The van der Waals surface area contributed by atoms with E-state index in [1.807, 2.05) is 6.92 Å². The Bertz CT molecular complexity index is 1740. The molecule has 8 rings (SSSR count). The van der Waals surface area contributed by atoms with Crippen molar-refractivity contribution in [3.63, 3.8) is 0 Å². The molecule has 66 heavy (non-hydrogen) atoms. The molecule has 4 aliphatic carbocycles. The lowest BCUT2D eigenvalue weighted by Crippen LogP contribution is -2.71. The normalized spacial score (nSPS) is 56.5. The Balaban J connectivity index is 0.936. The number of aliphatic hydroxyl groups is 14. The van der Waals surface area contributed by atoms with Crippen LogP contribution in [0.4, 0.5) is 0 Å². The molecule has 0 amide bonds. The highest BCUT2D eigenvalue weighted by molar-refractivity contribution is 5.34. The van der Waals surface area contributed by atoms with Gasteiger partial charge >= 0.3 is 0 Å². The fourth-order valence-corrected chi connectivity index (χ4v) is 13.4. The summed E-state index contributed by atoms with van der Waals surface area (Å²) in [5.41, 5.74) is -4.48. The molecule has 0 aromatic carbocycles. The zero-order chi connectivity index (χ0) is 48.2. The van der Waals surface area contributed by atoms with Crippen molar-refractivity contribution in [2.75, 3.05) is 19.8 Å². The predicted molar refractivity (Wildman–Crippen MR) is 222 cm³/mol. The number of hydrogen-bond acceptors (Lipinski definition) is 21. The van der Waals surface area contributed by atoms with Crippen molar-refractivity contribution in [2.24, 2.45) is 34.5 Å². The maximum atomic E-state index is 13.0. The summed E-state index contributed by atoms with van der Waals surface area (Å²) in [7, 11) is 0. The molecule has 27 atom stereocenters. The number of rotatable bonds is 12. The van der Waals surface area contributed by atoms with Gasteiger partial charge in [-0.1, -0.05) is 39.3 Å². The predicted octanol–water partition coefficient (Wildman–Crippen LogP) is -3.63. The summed E-state index contributed by atoms with van der Waals surface area (Å²) < 4.78 is 41.4. The van der Waals surface area contributed by atoms with E-state index < -0.39 is 163 Å². The summed E-state index contributed by atoms with van der Waals surface area (Å²) in [6.45, 7) is 7.52. The van der Waals surface area contributed by atoms with Crippen molar-refractivity contribution in [1.29, 1.82) is 0 Å². The van der Waals surface area contributed by atoms with Gasteiger partial charge in [-0.25, -0.2) is 0 Å². The molecule has 0 aromatic heterocycles. The summed E-state index contributed by atoms with van der Waals surface area (Å²) in [6, 6.07) is 0. The maximum absolute atomic E-state index is 13.0. The second-order valence-electron chi connectivity index (χ2n) is 21.3. The lowest BCUT2D eigenvalue weighted by atomic mass is 9.43. The first-order valence-electron chi connectivity index (χ1n) is 23.7. The van der Waals surface area contributed by atoms with Gasteiger partial charge in [0.25, 0.3) is 0 Å². The van der Waals surface area contributed by atoms with Crippen molar-refractivity contribution in [3.05, 3.63) is 11.6 Å². The van der Waals surface area contributed by atoms with E-state index in [9.17, 15) is 71.5 Å². The fourth-order valence-electron chi connectivity index (χ4n) is 13.4. The molecule has 21 heteroatoms. The van der Waals surface area contributed by atoms with E-state index in [4.69, 9.17) is 33.2 Å². The molecular formula is C45H74O21. The average molecular weight is 951 g/mol. The van der Waals surface area contributed by atoms with Gasteiger partial charge in [-0.15, -0.1) is 0 Å². The van der Waals surface area contributed by atoms with Gasteiger partial charge in [0.15, 0.2) is 24.7 Å². The number of fused-ring (bicyclic) bond motifs is 7. The van der Waals surface area contributed by atoms with Gasteiger partial charge in [0.1, 0.15) is 72.7 Å². The van der Waals surface area contributed by atoms with Crippen LogP contribution in [0.2, 0.25) is 0 Å². The second kappa shape index (κ2) is 18.5. The zero-order valence-corrected chi connectivity index (χ0v) is 38.2. The van der Waals surface area contributed by atoms with Crippen LogP contribution >= 0.6 is 0 Å². The summed E-state index contributed by atoms with van der Waals surface area (Å²) in [4.78, 5) is 0. The lowest BCUT2D eigenvalue weighted by molar-refractivity contribution is -0.369. The molecule has 0 spiro atoms. The van der Waals surface area contributed by atoms with Crippen molar-refractivity contribution in [1.82, 2.24) is 0 Å². The lowest BCUT2D eigenvalue weighted by Gasteiger charge is -2.64. The molecule has 4 heterocycles. The zero-order valence-electron chi connectivity index (χ0n) is 38.2. The molecule has 4 saturated heterocycles. The quantitative estimate of drug-likeness (QED) is 0.0840. The molecule has 0 unspecified atom stereocenters. The molecule has 0 aromatic rings. The third-order valence-electron chi connectivity index (χ3n) is 17.9. The van der Waals surface area contributed by atoms with Gasteiger partial charge in [0, 0.05) is 18.8 Å². The molecule has 21 nitrogen and oxygen atoms in total. The van der Waals surface area contributed by atoms with Crippen LogP contribution in [-0.2, 0) is 33.2 Å². The molecule has 3 saturated carbocycles. The van der Waals surface area contributed by atoms with Gasteiger partial charge < -0.3 is 105 Å². The van der Waals surface area contributed by atoms with Crippen LogP contribution in [0.25, 0.3) is 0 Å². The van der Waals surface area contributed by atoms with Gasteiger partial charge in [-0.3, -0.25) is 0 Å². The molecule has 7 fully saturated rings. The van der Waals surface area contributed by atoms with Gasteiger partial charge in [-0.2, -0.15) is 0 Å². The third kappa shape index (κ3) is 7.88. The Hall–Kier alpha value is -1.10. The minimum atomic E-state index is -1.84. The van der Waals surface area contributed by atoms with Crippen LogP contribution in [0.3, 0.4) is 0 Å². The minimum Gasteiger partial charge on any atom is -0.394 e. The van der Waals surface area contributed by atoms with Crippen molar-refractivity contribution >= 4 is 0 Å². The topological polar surface area (TPSA) is 348 Å². The fraction of sp³-hybridized carbons (Fsp3) is 0.956. The van der Waals surface area contributed by atoms with E-state index in [1.165, 1.54) is 6.92 Å². The second-order valence-corrected chi connectivity index (χ2v) is 21.3. The number of ether oxygens (including phenoxy) is 7. The number of aliphatic hydroxyl groups excluding tert-OH is 11. The summed E-state index contributed by atoms with van der Waals surface area (Å²) >= 11 is 0. The number of hydrogen-bond donors (Lipinski definition) is 14. The van der Waals surface area contributed by atoms with Crippen LogP contribution in [0.1, 0.15) is 86.0 Å². The highest BCUT2D eigenvalue weighted by atomic mass is 16.8. The van der Waals surface area contributed by atoms with E-state index in [2.05, 4.69) is 13.0 Å². The minimum absolute atomic E-state index is 0.0143. The Morgan fingerprint density at radius 1 is 0.742 bits per heavy atom.